The highest BCUT2D eigenvalue weighted by atomic mass is 19.1. The van der Waals surface area contributed by atoms with Crippen LogP contribution in [0.15, 0.2) is 48.8 Å². The molecule has 0 bridgehead atoms. The fourth-order valence-corrected chi connectivity index (χ4v) is 3.27. The molecule has 2 aromatic heterocycles. The Kier molecular flexibility index (Phi) is 4.43. The number of hydrogen-bond acceptors (Lipinski definition) is 4. The number of carbonyl (C=O) groups excluding carboxylic acids is 1. The van der Waals surface area contributed by atoms with Crippen molar-refractivity contribution in [1.82, 2.24) is 25.1 Å². The number of pyridine rings is 1. The lowest BCUT2D eigenvalue weighted by molar-refractivity contribution is 0.0600. The van der Waals surface area contributed by atoms with Crippen molar-refractivity contribution >= 4 is 5.91 Å². The molecule has 7 heteroatoms. The van der Waals surface area contributed by atoms with Gasteiger partial charge in [-0.15, -0.1) is 0 Å². The topological polar surface area (TPSA) is 74.8 Å². The van der Waals surface area contributed by atoms with Gasteiger partial charge in [0.1, 0.15) is 11.6 Å². The predicted molar refractivity (Wildman–Crippen MR) is 93.6 cm³/mol. The van der Waals surface area contributed by atoms with Crippen LogP contribution >= 0.6 is 0 Å². The molecule has 3 heterocycles. The number of aromatic nitrogens is 4. The normalized spacial score (nSPS) is 17.3. The van der Waals surface area contributed by atoms with Crippen LogP contribution in [0.5, 0.6) is 0 Å². The second-order valence-electron chi connectivity index (χ2n) is 6.30. The van der Waals surface area contributed by atoms with Crippen molar-refractivity contribution in [1.29, 1.82) is 0 Å². The van der Waals surface area contributed by atoms with Crippen LogP contribution in [0.4, 0.5) is 4.39 Å². The van der Waals surface area contributed by atoms with E-state index in [4.69, 9.17) is 0 Å². The highest BCUT2D eigenvalue weighted by molar-refractivity contribution is 5.94. The van der Waals surface area contributed by atoms with Gasteiger partial charge in [-0.25, -0.2) is 9.37 Å². The first-order valence-corrected chi connectivity index (χ1v) is 8.61. The van der Waals surface area contributed by atoms with Gasteiger partial charge in [0.05, 0.1) is 6.04 Å². The molecule has 1 N–H and O–H groups in total. The molecule has 1 fully saturated rings. The Hall–Kier alpha value is -3.09. The van der Waals surface area contributed by atoms with Crippen LogP contribution in [0.25, 0.3) is 11.4 Å². The fraction of sp³-hybridized carbons (Fsp3) is 0.263. The van der Waals surface area contributed by atoms with Crippen LogP contribution in [-0.4, -0.2) is 37.5 Å². The zero-order valence-electron chi connectivity index (χ0n) is 14.1. The molecule has 6 nitrogen and oxygen atoms in total. The van der Waals surface area contributed by atoms with Crippen molar-refractivity contribution in [3.8, 4) is 11.4 Å². The molecule has 1 atom stereocenters. The largest absolute Gasteiger partial charge is 0.328 e. The maximum Gasteiger partial charge on any atom is 0.254 e. The number of amides is 1. The van der Waals surface area contributed by atoms with Gasteiger partial charge in [-0.3, -0.25) is 14.9 Å². The average molecular weight is 351 g/mol. The second kappa shape index (κ2) is 7.03. The monoisotopic (exact) mass is 351 g/mol. The van der Waals surface area contributed by atoms with Gasteiger partial charge in [-0.05, 0) is 55.7 Å². The molecule has 0 radical (unpaired) electrons. The summed E-state index contributed by atoms with van der Waals surface area (Å²) < 4.78 is 13.1. The van der Waals surface area contributed by atoms with Gasteiger partial charge in [-0.1, -0.05) is 0 Å². The molecule has 1 aromatic carbocycles. The second-order valence-corrected chi connectivity index (χ2v) is 6.30. The summed E-state index contributed by atoms with van der Waals surface area (Å²) in [4.78, 5) is 23.3. The van der Waals surface area contributed by atoms with E-state index in [9.17, 15) is 9.18 Å². The Morgan fingerprint density at radius 1 is 1.12 bits per heavy atom. The first-order valence-electron chi connectivity index (χ1n) is 8.61. The molecule has 0 saturated carbocycles. The Balaban J connectivity index is 1.61. The van der Waals surface area contributed by atoms with E-state index in [1.807, 2.05) is 12.1 Å². The van der Waals surface area contributed by atoms with Crippen LogP contribution in [0.1, 0.15) is 41.5 Å². The van der Waals surface area contributed by atoms with Crippen molar-refractivity contribution in [3.05, 3.63) is 66.0 Å². The number of carbonyl (C=O) groups is 1. The van der Waals surface area contributed by atoms with Crippen LogP contribution < -0.4 is 0 Å². The standard InChI is InChI=1S/C19H18FN5O/c20-15-6-4-14(5-7-15)19(26)25-12-2-1-3-16(25)18-22-17(23-24-18)13-8-10-21-11-9-13/h4-11,16H,1-3,12H2,(H,22,23,24). The molecule has 1 amide bonds. The summed E-state index contributed by atoms with van der Waals surface area (Å²) in [5.74, 6) is 0.791. The van der Waals surface area contributed by atoms with Gasteiger partial charge >= 0.3 is 0 Å². The summed E-state index contributed by atoms with van der Waals surface area (Å²) in [6.45, 7) is 0.645. The summed E-state index contributed by atoms with van der Waals surface area (Å²) >= 11 is 0. The van der Waals surface area contributed by atoms with Gasteiger partial charge in [0.15, 0.2) is 5.82 Å². The number of aromatic amines is 1. The molecule has 4 rings (SSSR count). The molecule has 1 unspecified atom stereocenters. The molecule has 132 valence electrons. The summed E-state index contributed by atoms with van der Waals surface area (Å²) in [5.41, 5.74) is 1.35. The number of benzene rings is 1. The smallest absolute Gasteiger partial charge is 0.254 e. The number of likely N-dealkylation sites (tertiary alicyclic amines) is 1. The van der Waals surface area contributed by atoms with Crippen molar-refractivity contribution < 1.29 is 9.18 Å². The number of halogens is 1. The van der Waals surface area contributed by atoms with Gasteiger partial charge in [0.25, 0.3) is 5.91 Å². The number of hydrogen-bond donors (Lipinski definition) is 1. The summed E-state index contributed by atoms with van der Waals surface area (Å²) in [6.07, 6.45) is 6.16. The lowest BCUT2D eigenvalue weighted by Crippen LogP contribution is -2.39. The molecule has 1 saturated heterocycles. The van der Waals surface area contributed by atoms with Crippen LogP contribution in [0.3, 0.4) is 0 Å². The van der Waals surface area contributed by atoms with E-state index in [1.54, 1.807) is 17.3 Å². The maximum atomic E-state index is 13.1. The lowest BCUT2D eigenvalue weighted by Gasteiger charge is -2.34. The van der Waals surface area contributed by atoms with Crippen molar-refractivity contribution in [2.45, 2.75) is 25.3 Å². The molecule has 3 aromatic rings. The van der Waals surface area contributed by atoms with Crippen LogP contribution in [-0.2, 0) is 0 Å². The molecule has 1 aliphatic heterocycles. The Morgan fingerprint density at radius 3 is 2.65 bits per heavy atom. The lowest BCUT2D eigenvalue weighted by atomic mass is 10.00. The van der Waals surface area contributed by atoms with E-state index < -0.39 is 0 Å². The molecular formula is C19H18FN5O. The minimum absolute atomic E-state index is 0.114. The molecular weight excluding hydrogens is 333 g/mol. The fourth-order valence-electron chi connectivity index (χ4n) is 3.27. The minimum atomic E-state index is -0.353. The number of piperidine rings is 1. The van der Waals surface area contributed by atoms with Crippen molar-refractivity contribution in [2.75, 3.05) is 6.54 Å². The van der Waals surface area contributed by atoms with E-state index in [0.29, 0.717) is 23.8 Å². The Labute approximate surface area is 150 Å². The highest BCUT2D eigenvalue weighted by Crippen LogP contribution is 2.31. The third kappa shape index (κ3) is 3.20. The Bertz CT molecular complexity index is 894. The Morgan fingerprint density at radius 2 is 1.88 bits per heavy atom. The first kappa shape index (κ1) is 16.4. The maximum absolute atomic E-state index is 13.1. The highest BCUT2D eigenvalue weighted by Gasteiger charge is 2.31. The molecule has 0 aliphatic carbocycles. The van der Waals surface area contributed by atoms with E-state index in [0.717, 1.165) is 24.8 Å². The number of nitrogens with one attached hydrogen (secondary N) is 1. The minimum Gasteiger partial charge on any atom is -0.328 e. The zero-order chi connectivity index (χ0) is 17.9. The third-order valence-corrected chi connectivity index (χ3v) is 4.61. The van der Waals surface area contributed by atoms with Gasteiger partial charge < -0.3 is 4.90 Å². The summed E-state index contributed by atoms with van der Waals surface area (Å²) in [5, 5.41) is 7.27. The predicted octanol–water partition coefficient (Wildman–Crippen LogP) is 3.37. The molecule has 0 spiro atoms. The zero-order valence-corrected chi connectivity index (χ0v) is 14.1. The van der Waals surface area contributed by atoms with Crippen molar-refractivity contribution in [3.63, 3.8) is 0 Å². The van der Waals surface area contributed by atoms with Gasteiger partial charge in [-0.2, -0.15) is 5.10 Å². The van der Waals surface area contributed by atoms with Crippen molar-refractivity contribution in [2.24, 2.45) is 0 Å². The van der Waals surface area contributed by atoms with Crippen LogP contribution in [0, 0.1) is 5.82 Å². The molecule has 1 aliphatic rings. The average Bonchev–Trinajstić information content (AvgIpc) is 3.19. The number of nitrogens with zero attached hydrogens (tertiary/aromatic N) is 4. The third-order valence-electron chi connectivity index (χ3n) is 4.61. The SMILES string of the molecule is O=C(c1ccc(F)cc1)N1CCCCC1c1nc(-c2ccncc2)n[nH]1. The van der Waals surface area contributed by atoms with E-state index in [1.165, 1.54) is 24.3 Å². The summed E-state index contributed by atoms with van der Waals surface area (Å²) in [6, 6.07) is 9.18. The quantitative estimate of drug-likeness (QED) is 0.785. The summed E-state index contributed by atoms with van der Waals surface area (Å²) in [7, 11) is 0. The number of rotatable bonds is 3. The molecule has 26 heavy (non-hydrogen) atoms. The van der Waals surface area contributed by atoms with E-state index in [-0.39, 0.29) is 17.8 Å². The first-order chi connectivity index (χ1) is 12.7. The van der Waals surface area contributed by atoms with Gasteiger partial charge in [0.2, 0.25) is 0 Å². The van der Waals surface area contributed by atoms with Gasteiger partial charge in [0, 0.05) is 30.1 Å². The van der Waals surface area contributed by atoms with E-state index >= 15 is 0 Å². The van der Waals surface area contributed by atoms with E-state index in [2.05, 4.69) is 20.2 Å². The number of H-pyrrole nitrogens is 1. The van der Waals surface area contributed by atoms with Crippen LogP contribution in [0.2, 0.25) is 0 Å².